The van der Waals surface area contributed by atoms with Crippen molar-refractivity contribution in [1.82, 2.24) is 9.97 Å². The number of phenols is 1. The number of anilines is 1. The summed E-state index contributed by atoms with van der Waals surface area (Å²) in [7, 11) is 0. The van der Waals surface area contributed by atoms with E-state index >= 15 is 0 Å². The summed E-state index contributed by atoms with van der Waals surface area (Å²) in [6.45, 7) is 0. The second-order valence-electron chi connectivity index (χ2n) is 3.62. The topological polar surface area (TPSA) is 81.3 Å². The summed E-state index contributed by atoms with van der Waals surface area (Å²) >= 11 is 1.48. The van der Waals surface area contributed by atoms with Crippen molar-refractivity contribution in [2.24, 2.45) is 0 Å². The average Bonchev–Trinajstić information content (AvgIpc) is 2.77. The number of hydrogen-bond acceptors (Lipinski definition) is 6. The van der Waals surface area contributed by atoms with E-state index in [0.29, 0.717) is 11.6 Å². The number of thiophene rings is 1. The number of aromatic nitrogens is 2. The van der Waals surface area contributed by atoms with E-state index in [9.17, 15) is 5.11 Å². The minimum Gasteiger partial charge on any atom is -0.508 e. The first-order valence-electron chi connectivity index (χ1n) is 5.20. The van der Waals surface area contributed by atoms with Gasteiger partial charge in [-0.3, -0.25) is 0 Å². The van der Waals surface area contributed by atoms with Crippen molar-refractivity contribution in [3.8, 4) is 17.4 Å². The lowest BCUT2D eigenvalue weighted by Gasteiger charge is -2.06. The Morgan fingerprint density at radius 2 is 2.11 bits per heavy atom. The van der Waals surface area contributed by atoms with Crippen molar-refractivity contribution >= 4 is 27.5 Å². The van der Waals surface area contributed by atoms with Crippen LogP contribution in [0.2, 0.25) is 0 Å². The quantitative estimate of drug-likeness (QED) is 0.739. The number of nitrogen functional groups attached to an aromatic ring is 1. The Morgan fingerprint density at radius 3 is 2.94 bits per heavy atom. The molecule has 5 nitrogen and oxygen atoms in total. The number of hydrogen-bond donors (Lipinski definition) is 2. The molecule has 0 aliphatic heterocycles. The molecule has 18 heavy (non-hydrogen) atoms. The van der Waals surface area contributed by atoms with Gasteiger partial charge in [-0.1, -0.05) is 6.07 Å². The van der Waals surface area contributed by atoms with Crippen LogP contribution >= 0.6 is 11.3 Å². The third-order valence-electron chi connectivity index (χ3n) is 2.32. The molecule has 1 aromatic carbocycles. The van der Waals surface area contributed by atoms with Gasteiger partial charge in [0.25, 0.3) is 0 Å². The molecule has 0 saturated carbocycles. The zero-order valence-electron chi connectivity index (χ0n) is 9.20. The van der Waals surface area contributed by atoms with Crippen LogP contribution < -0.4 is 10.5 Å². The van der Waals surface area contributed by atoms with E-state index in [1.54, 1.807) is 18.2 Å². The molecule has 0 spiro atoms. The molecule has 2 aromatic heterocycles. The third kappa shape index (κ3) is 1.93. The average molecular weight is 259 g/mol. The third-order valence-corrected chi connectivity index (χ3v) is 3.21. The summed E-state index contributed by atoms with van der Waals surface area (Å²) < 4.78 is 6.46. The Labute approximate surface area is 106 Å². The van der Waals surface area contributed by atoms with Crippen LogP contribution in [0.5, 0.6) is 17.4 Å². The van der Waals surface area contributed by atoms with Gasteiger partial charge in [-0.05, 0) is 23.6 Å². The van der Waals surface area contributed by atoms with Crippen molar-refractivity contribution in [1.29, 1.82) is 0 Å². The number of rotatable bonds is 2. The fourth-order valence-electron chi connectivity index (χ4n) is 1.58. The zero-order valence-corrected chi connectivity index (χ0v) is 10.0. The fourth-order valence-corrected chi connectivity index (χ4v) is 2.34. The molecule has 3 aromatic rings. The first-order chi connectivity index (χ1) is 8.72. The van der Waals surface area contributed by atoms with Crippen LogP contribution in [-0.2, 0) is 0 Å². The normalized spacial score (nSPS) is 10.7. The number of nitrogens with two attached hydrogens (primary N) is 1. The van der Waals surface area contributed by atoms with E-state index in [1.165, 1.54) is 17.4 Å². The highest BCUT2D eigenvalue weighted by atomic mass is 32.1. The molecular weight excluding hydrogens is 250 g/mol. The molecule has 0 aliphatic carbocycles. The number of nitrogens with zero attached hydrogens (tertiary/aromatic N) is 2. The van der Waals surface area contributed by atoms with Crippen LogP contribution in [0.15, 0.2) is 35.7 Å². The highest BCUT2D eigenvalue weighted by Crippen LogP contribution is 2.32. The van der Waals surface area contributed by atoms with Gasteiger partial charge in [0.05, 0.1) is 5.52 Å². The van der Waals surface area contributed by atoms with E-state index < -0.39 is 0 Å². The molecule has 0 atom stereocenters. The number of benzene rings is 1. The molecule has 3 N–H and O–H groups in total. The van der Waals surface area contributed by atoms with Gasteiger partial charge in [0.15, 0.2) is 0 Å². The summed E-state index contributed by atoms with van der Waals surface area (Å²) in [6, 6.07) is 8.37. The van der Waals surface area contributed by atoms with Crippen LogP contribution in [0.3, 0.4) is 0 Å². The lowest BCUT2D eigenvalue weighted by Crippen LogP contribution is -1.97. The van der Waals surface area contributed by atoms with Gasteiger partial charge in [-0.25, -0.2) is 4.98 Å². The largest absolute Gasteiger partial charge is 0.508 e. The summed E-state index contributed by atoms with van der Waals surface area (Å²) in [5.41, 5.74) is 6.37. The van der Waals surface area contributed by atoms with Crippen molar-refractivity contribution < 1.29 is 9.84 Å². The monoisotopic (exact) mass is 259 g/mol. The Hall–Kier alpha value is -2.34. The fraction of sp³-hybridized carbons (Fsp3) is 0. The molecule has 0 radical (unpaired) electrons. The summed E-state index contributed by atoms with van der Waals surface area (Å²) in [5.74, 6) is 1.20. The standard InChI is InChI=1S/C12H9N3O2S/c13-12-14-9-4-5-18-10(9)11(15-12)17-8-3-1-2-7(16)6-8/h1-6,16H,(H2,13,14,15). The van der Waals surface area contributed by atoms with Crippen LogP contribution in [0.1, 0.15) is 0 Å². The first-order valence-corrected chi connectivity index (χ1v) is 6.08. The van der Waals surface area contributed by atoms with Crippen molar-refractivity contribution in [3.05, 3.63) is 35.7 Å². The number of fused-ring (bicyclic) bond motifs is 1. The van der Waals surface area contributed by atoms with Crippen LogP contribution in [0.25, 0.3) is 10.2 Å². The Bertz CT molecular complexity index is 711. The van der Waals surface area contributed by atoms with Gasteiger partial charge in [0.1, 0.15) is 16.2 Å². The predicted molar refractivity (Wildman–Crippen MR) is 70.0 cm³/mol. The molecule has 3 rings (SSSR count). The summed E-state index contributed by atoms with van der Waals surface area (Å²) in [5, 5.41) is 11.3. The molecule has 0 amide bonds. The molecule has 0 fully saturated rings. The molecular formula is C12H9N3O2S. The van der Waals surface area contributed by atoms with Crippen molar-refractivity contribution in [3.63, 3.8) is 0 Å². The van der Waals surface area contributed by atoms with Gasteiger partial charge in [-0.2, -0.15) is 4.98 Å². The van der Waals surface area contributed by atoms with E-state index in [4.69, 9.17) is 10.5 Å². The van der Waals surface area contributed by atoms with Gasteiger partial charge < -0.3 is 15.6 Å². The maximum Gasteiger partial charge on any atom is 0.242 e. The smallest absolute Gasteiger partial charge is 0.242 e. The number of ether oxygens (including phenoxy) is 1. The first kappa shape index (κ1) is 10.8. The van der Waals surface area contributed by atoms with Crippen molar-refractivity contribution in [2.75, 3.05) is 5.73 Å². The number of phenolic OH excluding ortho intramolecular Hbond substituents is 1. The van der Waals surface area contributed by atoms with Gasteiger partial charge in [0.2, 0.25) is 11.8 Å². The van der Waals surface area contributed by atoms with Crippen LogP contribution in [-0.4, -0.2) is 15.1 Å². The van der Waals surface area contributed by atoms with E-state index in [1.807, 2.05) is 11.4 Å². The van der Waals surface area contributed by atoms with Gasteiger partial charge in [0, 0.05) is 6.07 Å². The molecule has 0 saturated heterocycles. The molecule has 0 bridgehead atoms. The Kier molecular flexibility index (Phi) is 2.49. The molecule has 90 valence electrons. The maximum atomic E-state index is 9.38. The van der Waals surface area contributed by atoms with E-state index in [0.717, 1.165) is 10.2 Å². The molecule has 0 aliphatic rings. The van der Waals surface area contributed by atoms with Crippen molar-refractivity contribution in [2.45, 2.75) is 0 Å². The Morgan fingerprint density at radius 1 is 1.22 bits per heavy atom. The highest BCUT2D eigenvalue weighted by Gasteiger charge is 2.10. The minimum atomic E-state index is 0.136. The lowest BCUT2D eigenvalue weighted by molar-refractivity contribution is 0.449. The van der Waals surface area contributed by atoms with Gasteiger partial charge >= 0.3 is 0 Å². The summed E-state index contributed by atoms with van der Waals surface area (Å²) in [6.07, 6.45) is 0. The minimum absolute atomic E-state index is 0.136. The van der Waals surface area contributed by atoms with E-state index in [-0.39, 0.29) is 11.7 Å². The van der Waals surface area contributed by atoms with Crippen LogP contribution in [0.4, 0.5) is 5.95 Å². The predicted octanol–water partition coefficient (Wildman–Crippen LogP) is 2.77. The Balaban J connectivity index is 2.06. The summed E-state index contributed by atoms with van der Waals surface area (Å²) in [4.78, 5) is 8.17. The van der Waals surface area contributed by atoms with Gasteiger partial charge in [-0.15, -0.1) is 11.3 Å². The second-order valence-corrected chi connectivity index (χ2v) is 4.54. The number of aromatic hydroxyl groups is 1. The van der Waals surface area contributed by atoms with Crippen LogP contribution in [0, 0.1) is 0 Å². The lowest BCUT2D eigenvalue weighted by atomic mass is 10.3. The molecule has 0 unspecified atom stereocenters. The molecule has 6 heteroatoms. The SMILES string of the molecule is Nc1nc(Oc2cccc(O)c2)c2sccc2n1. The van der Waals surface area contributed by atoms with E-state index in [2.05, 4.69) is 9.97 Å². The maximum absolute atomic E-state index is 9.38. The zero-order chi connectivity index (χ0) is 12.5. The molecule has 2 heterocycles. The highest BCUT2D eigenvalue weighted by molar-refractivity contribution is 7.17. The second kappa shape index (κ2) is 4.15.